The van der Waals surface area contributed by atoms with Crippen LogP contribution in [-0.2, 0) is 0 Å². The highest BCUT2D eigenvalue weighted by Gasteiger charge is 2.28. The maximum absolute atomic E-state index is 4.95. The van der Waals surface area contributed by atoms with Crippen molar-refractivity contribution < 1.29 is 0 Å². The van der Waals surface area contributed by atoms with Crippen LogP contribution in [0.15, 0.2) is 4.99 Å². The van der Waals surface area contributed by atoms with E-state index < -0.39 is 0 Å². The Balaban J connectivity index is 1.93. The molecule has 1 atom stereocenters. The third-order valence-electron chi connectivity index (χ3n) is 4.09. The van der Waals surface area contributed by atoms with Gasteiger partial charge in [-0.2, -0.15) is 0 Å². The van der Waals surface area contributed by atoms with Crippen LogP contribution in [0.25, 0.3) is 0 Å². The Labute approximate surface area is 116 Å². The first-order valence-electron chi connectivity index (χ1n) is 7.53. The van der Waals surface area contributed by atoms with Crippen molar-refractivity contribution in [2.45, 2.75) is 77.8 Å². The highest BCUT2D eigenvalue weighted by atomic mass is 32.2. The molecule has 0 spiro atoms. The van der Waals surface area contributed by atoms with Crippen molar-refractivity contribution in [3.63, 3.8) is 0 Å². The molecule has 1 unspecified atom stereocenters. The molecule has 0 aromatic rings. The molecule has 0 amide bonds. The summed E-state index contributed by atoms with van der Waals surface area (Å²) in [7, 11) is 0. The lowest BCUT2D eigenvalue weighted by atomic mass is 9.85. The van der Waals surface area contributed by atoms with E-state index in [4.69, 9.17) is 4.99 Å². The third kappa shape index (κ3) is 4.18. The summed E-state index contributed by atoms with van der Waals surface area (Å²) >= 11 is 1.92. The van der Waals surface area contributed by atoms with Gasteiger partial charge in [-0.3, -0.25) is 4.99 Å². The normalized spacial score (nSPS) is 27.5. The van der Waals surface area contributed by atoms with Crippen LogP contribution in [-0.4, -0.2) is 23.0 Å². The van der Waals surface area contributed by atoms with E-state index in [2.05, 4.69) is 26.1 Å². The van der Waals surface area contributed by atoms with E-state index in [1.807, 2.05) is 11.8 Å². The minimum atomic E-state index is 0.303. The van der Waals surface area contributed by atoms with Gasteiger partial charge in [-0.15, -0.1) is 0 Å². The van der Waals surface area contributed by atoms with Gasteiger partial charge in [0.15, 0.2) is 5.17 Å². The lowest BCUT2D eigenvalue weighted by molar-refractivity contribution is 0.315. The van der Waals surface area contributed by atoms with E-state index in [0.29, 0.717) is 17.5 Å². The lowest BCUT2D eigenvalue weighted by Gasteiger charge is -2.32. The zero-order chi connectivity index (χ0) is 13.0. The molecule has 1 fully saturated rings. The highest BCUT2D eigenvalue weighted by Crippen LogP contribution is 2.30. The first-order chi connectivity index (χ1) is 8.55. The maximum atomic E-state index is 4.95. The first kappa shape index (κ1) is 14.2. The Bertz CT molecular complexity index is 285. The van der Waals surface area contributed by atoms with E-state index in [-0.39, 0.29) is 0 Å². The summed E-state index contributed by atoms with van der Waals surface area (Å²) < 4.78 is 0. The second kappa shape index (κ2) is 6.31. The van der Waals surface area contributed by atoms with E-state index >= 15 is 0 Å². The van der Waals surface area contributed by atoms with Gasteiger partial charge in [0.05, 0.1) is 6.04 Å². The predicted octanol–water partition coefficient (Wildman–Crippen LogP) is 4.21. The zero-order valence-electron chi connectivity index (χ0n) is 12.2. The number of hydrogen-bond donors (Lipinski definition) is 1. The minimum absolute atomic E-state index is 0.303. The predicted molar refractivity (Wildman–Crippen MR) is 82.4 cm³/mol. The van der Waals surface area contributed by atoms with E-state index in [1.54, 1.807) is 0 Å². The molecule has 1 aliphatic carbocycles. The summed E-state index contributed by atoms with van der Waals surface area (Å²) in [4.78, 5) is 4.95. The van der Waals surface area contributed by atoms with Gasteiger partial charge < -0.3 is 5.32 Å². The molecule has 0 radical (unpaired) electrons. The van der Waals surface area contributed by atoms with Crippen LogP contribution in [0.1, 0.15) is 65.7 Å². The van der Waals surface area contributed by atoms with Crippen LogP contribution in [0.3, 0.4) is 0 Å². The number of rotatable bonds is 1. The number of hydrogen-bond acceptors (Lipinski definition) is 3. The Morgan fingerprint density at radius 1 is 1.06 bits per heavy atom. The smallest absolute Gasteiger partial charge is 0.157 e. The fourth-order valence-corrected chi connectivity index (χ4v) is 3.80. The summed E-state index contributed by atoms with van der Waals surface area (Å²) in [5.74, 6) is 1.22. The average Bonchev–Trinajstić information content (AvgIpc) is 2.57. The summed E-state index contributed by atoms with van der Waals surface area (Å²) in [5, 5.41) is 4.93. The molecule has 0 bridgehead atoms. The lowest BCUT2D eigenvalue weighted by Crippen LogP contribution is -2.38. The van der Waals surface area contributed by atoms with Crippen molar-refractivity contribution in [3.05, 3.63) is 0 Å². The second-order valence-electron chi connectivity index (χ2n) is 6.79. The van der Waals surface area contributed by atoms with Gasteiger partial charge in [-0.1, -0.05) is 58.2 Å². The molecule has 0 aromatic heterocycles. The Morgan fingerprint density at radius 2 is 1.72 bits per heavy atom. The molecule has 1 heterocycles. The van der Waals surface area contributed by atoms with Crippen LogP contribution in [0.5, 0.6) is 0 Å². The fraction of sp³-hybridized carbons (Fsp3) is 0.933. The molecule has 18 heavy (non-hydrogen) atoms. The molecule has 0 saturated heterocycles. The second-order valence-corrected chi connectivity index (χ2v) is 7.87. The van der Waals surface area contributed by atoms with Gasteiger partial charge in [-0.05, 0) is 24.7 Å². The number of nitrogens with zero attached hydrogens (tertiary/aromatic N) is 1. The van der Waals surface area contributed by atoms with Crippen LogP contribution in [0.2, 0.25) is 0 Å². The molecule has 2 aliphatic rings. The van der Waals surface area contributed by atoms with Crippen molar-refractivity contribution in [1.82, 2.24) is 5.32 Å². The molecule has 1 N–H and O–H groups in total. The van der Waals surface area contributed by atoms with Crippen molar-refractivity contribution in [3.8, 4) is 0 Å². The average molecular weight is 268 g/mol. The quantitative estimate of drug-likeness (QED) is 0.721. The molecule has 1 saturated carbocycles. The van der Waals surface area contributed by atoms with Crippen molar-refractivity contribution in [1.29, 1.82) is 0 Å². The number of aliphatic imine (C=N–C) groups is 1. The standard InChI is InChI=1S/C15H28N2S/c1-15(2,3)13-10-11-18-14(17-13)16-12-8-6-4-5-7-9-12/h12-13H,4-11H2,1-3H3,(H,16,17). The van der Waals surface area contributed by atoms with Crippen LogP contribution >= 0.6 is 11.8 Å². The highest BCUT2D eigenvalue weighted by molar-refractivity contribution is 8.13. The summed E-state index contributed by atoms with van der Waals surface area (Å²) in [6.45, 7) is 6.92. The molecule has 3 heteroatoms. The van der Waals surface area contributed by atoms with Gasteiger partial charge in [0.2, 0.25) is 0 Å². The SMILES string of the molecule is CC(C)(C)C1CCSC(NC2CCCCCC2)=N1. The summed E-state index contributed by atoms with van der Waals surface area (Å²) in [5.41, 5.74) is 0.303. The fourth-order valence-electron chi connectivity index (χ4n) is 2.81. The number of nitrogens with one attached hydrogen (secondary N) is 1. The Morgan fingerprint density at radius 3 is 2.33 bits per heavy atom. The van der Waals surface area contributed by atoms with E-state index in [1.165, 1.54) is 55.9 Å². The molecule has 1 aliphatic heterocycles. The number of thioether (sulfide) groups is 1. The third-order valence-corrected chi connectivity index (χ3v) is 5.02. The van der Waals surface area contributed by atoms with Gasteiger partial charge in [0, 0.05) is 11.8 Å². The Hall–Kier alpha value is -0.180. The topological polar surface area (TPSA) is 24.4 Å². The number of amidine groups is 1. The molecule has 0 aromatic carbocycles. The van der Waals surface area contributed by atoms with Crippen molar-refractivity contribution in [2.24, 2.45) is 10.4 Å². The summed E-state index contributed by atoms with van der Waals surface area (Å²) in [6, 6.07) is 1.17. The molecular formula is C15H28N2S. The van der Waals surface area contributed by atoms with Crippen LogP contribution in [0, 0.1) is 5.41 Å². The maximum Gasteiger partial charge on any atom is 0.157 e. The van der Waals surface area contributed by atoms with Gasteiger partial charge >= 0.3 is 0 Å². The van der Waals surface area contributed by atoms with Gasteiger partial charge in [0.1, 0.15) is 0 Å². The molecular weight excluding hydrogens is 240 g/mol. The largest absolute Gasteiger partial charge is 0.362 e. The van der Waals surface area contributed by atoms with Gasteiger partial charge in [0.25, 0.3) is 0 Å². The van der Waals surface area contributed by atoms with Gasteiger partial charge in [-0.25, -0.2) is 0 Å². The van der Waals surface area contributed by atoms with Crippen molar-refractivity contribution in [2.75, 3.05) is 5.75 Å². The Kier molecular flexibility index (Phi) is 4.99. The monoisotopic (exact) mass is 268 g/mol. The molecule has 104 valence electrons. The van der Waals surface area contributed by atoms with E-state index in [9.17, 15) is 0 Å². The summed E-state index contributed by atoms with van der Waals surface area (Å²) in [6.07, 6.45) is 9.50. The first-order valence-corrected chi connectivity index (χ1v) is 8.51. The van der Waals surface area contributed by atoms with Crippen molar-refractivity contribution >= 4 is 16.9 Å². The zero-order valence-corrected chi connectivity index (χ0v) is 13.0. The van der Waals surface area contributed by atoms with E-state index in [0.717, 1.165) is 0 Å². The minimum Gasteiger partial charge on any atom is -0.362 e. The molecule has 2 nitrogen and oxygen atoms in total. The van der Waals surface area contributed by atoms with Crippen LogP contribution < -0.4 is 5.32 Å². The molecule has 2 rings (SSSR count). The van der Waals surface area contributed by atoms with Crippen LogP contribution in [0.4, 0.5) is 0 Å².